The molecule has 1 unspecified atom stereocenters. The van der Waals surface area contributed by atoms with Crippen LogP contribution in [-0.4, -0.2) is 36.3 Å². The molecule has 1 aromatic heterocycles. The normalized spacial score (nSPS) is 16.8. The topological polar surface area (TPSA) is 64.3 Å². The van der Waals surface area contributed by atoms with Crippen molar-refractivity contribution < 1.29 is 4.74 Å². The fourth-order valence-corrected chi connectivity index (χ4v) is 2.03. The number of rotatable bonds is 6. The fourth-order valence-electron chi connectivity index (χ4n) is 2.03. The maximum atomic E-state index is 5.56. The molecular weight excluding hydrogens is 216 g/mol. The van der Waals surface area contributed by atoms with Gasteiger partial charge in [-0.3, -0.25) is 0 Å². The molecule has 0 bridgehead atoms. The predicted molar refractivity (Wildman–Crippen MR) is 67.9 cm³/mol. The molecule has 1 aromatic rings. The van der Waals surface area contributed by atoms with Crippen molar-refractivity contribution in [1.29, 1.82) is 0 Å². The van der Waals surface area contributed by atoms with Gasteiger partial charge < -0.3 is 15.4 Å². The highest BCUT2D eigenvalue weighted by Gasteiger charge is 2.32. The zero-order chi connectivity index (χ0) is 12.3. The predicted octanol–water partition coefficient (Wildman–Crippen LogP) is 1.31. The summed E-state index contributed by atoms with van der Waals surface area (Å²) in [6, 6.07) is 0.489. The SMILES string of the molecule is COCCN(c1cnc(N)cn1)C(C)C1CC1. The molecule has 1 saturated carbocycles. The van der Waals surface area contributed by atoms with Crippen LogP contribution in [0.3, 0.4) is 0 Å². The Hall–Kier alpha value is -1.36. The van der Waals surface area contributed by atoms with E-state index in [0.29, 0.717) is 18.5 Å². The van der Waals surface area contributed by atoms with Crippen LogP contribution < -0.4 is 10.6 Å². The zero-order valence-corrected chi connectivity index (χ0v) is 10.5. The largest absolute Gasteiger partial charge is 0.383 e. The van der Waals surface area contributed by atoms with Crippen LogP contribution in [0.1, 0.15) is 19.8 Å². The minimum Gasteiger partial charge on any atom is -0.383 e. The van der Waals surface area contributed by atoms with Crippen molar-refractivity contribution in [3.8, 4) is 0 Å². The van der Waals surface area contributed by atoms with Gasteiger partial charge in [-0.25, -0.2) is 9.97 Å². The molecule has 0 aromatic carbocycles. The van der Waals surface area contributed by atoms with Crippen molar-refractivity contribution in [2.24, 2.45) is 5.92 Å². The molecule has 2 rings (SSSR count). The Bertz CT molecular complexity index is 350. The Morgan fingerprint density at radius 2 is 2.24 bits per heavy atom. The molecule has 5 nitrogen and oxygen atoms in total. The van der Waals surface area contributed by atoms with Crippen LogP contribution in [0, 0.1) is 5.92 Å². The summed E-state index contributed by atoms with van der Waals surface area (Å²) >= 11 is 0. The van der Waals surface area contributed by atoms with E-state index in [1.165, 1.54) is 12.8 Å². The number of hydrogen-bond acceptors (Lipinski definition) is 5. The van der Waals surface area contributed by atoms with E-state index in [2.05, 4.69) is 21.8 Å². The number of ether oxygens (including phenoxy) is 1. The molecule has 1 fully saturated rings. The summed E-state index contributed by atoms with van der Waals surface area (Å²) < 4.78 is 5.15. The Labute approximate surface area is 102 Å². The summed E-state index contributed by atoms with van der Waals surface area (Å²) in [4.78, 5) is 10.7. The molecule has 1 aliphatic rings. The second-order valence-corrected chi connectivity index (χ2v) is 4.56. The van der Waals surface area contributed by atoms with Crippen LogP contribution in [0.25, 0.3) is 0 Å². The number of methoxy groups -OCH3 is 1. The highest BCUT2D eigenvalue weighted by Crippen LogP contribution is 2.36. The molecule has 1 heterocycles. The van der Waals surface area contributed by atoms with E-state index < -0.39 is 0 Å². The van der Waals surface area contributed by atoms with Gasteiger partial charge in [0, 0.05) is 19.7 Å². The number of nitrogens with two attached hydrogens (primary N) is 1. The summed E-state index contributed by atoms with van der Waals surface area (Å²) in [5, 5.41) is 0. The average molecular weight is 236 g/mol. The summed E-state index contributed by atoms with van der Waals surface area (Å²) in [5.41, 5.74) is 5.56. The fraction of sp³-hybridized carbons (Fsp3) is 0.667. The van der Waals surface area contributed by atoms with E-state index in [-0.39, 0.29) is 0 Å². The molecule has 0 aliphatic heterocycles. The minimum absolute atomic E-state index is 0.458. The minimum atomic E-state index is 0.458. The van der Waals surface area contributed by atoms with Gasteiger partial charge in [-0.2, -0.15) is 0 Å². The molecule has 1 aliphatic carbocycles. The molecule has 1 atom stereocenters. The molecule has 17 heavy (non-hydrogen) atoms. The van der Waals surface area contributed by atoms with Crippen LogP contribution in [0.5, 0.6) is 0 Å². The first-order valence-corrected chi connectivity index (χ1v) is 6.05. The van der Waals surface area contributed by atoms with Gasteiger partial charge in [-0.1, -0.05) is 0 Å². The smallest absolute Gasteiger partial charge is 0.147 e. The highest BCUT2D eigenvalue weighted by atomic mass is 16.5. The molecule has 0 amide bonds. The second kappa shape index (κ2) is 5.31. The number of anilines is 2. The van der Waals surface area contributed by atoms with E-state index in [1.54, 1.807) is 19.5 Å². The third-order valence-electron chi connectivity index (χ3n) is 3.28. The average Bonchev–Trinajstić information content (AvgIpc) is 3.15. The van der Waals surface area contributed by atoms with Crippen molar-refractivity contribution in [3.05, 3.63) is 12.4 Å². The first-order valence-electron chi connectivity index (χ1n) is 6.05. The molecule has 94 valence electrons. The van der Waals surface area contributed by atoms with Gasteiger partial charge >= 0.3 is 0 Å². The van der Waals surface area contributed by atoms with E-state index in [9.17, 15) is 0 Å². The van der Waals surface area contributed by atoms with Crippen LogP contribution in [-0.2, 0) is 4.74 Å². The molecule has 5 heteroatoms. The van der Waals surface area contributed by atoms with Crippen LogP contribution >= 0.6 is 0 Å². The Morgan fingerprint density at radius 1 is 1.47 bits per heavy atom. The summed E-state index contributed by atoms with van der Waals surface area (Å²) in [6.45, 7) is 3.78. The van der Waals surface area contributed by atoms with E-state index in [1.807, 2.05) is 0 Å². The molecule has 0 spiro atoms. The quantitative estimate of drug-likeness (QED) is 0.806. The van der Waals surface area contributed by atoms with Gasteiger partial charge in [-0.15, -0.1) is 0 Å². The number of nitrogen functional groups attached to an aromatic ring is 1. The standard InChI is InChI=1S/C12H20N4O/c1-9(10-3-4-10)16(5-6-17-2)12-8-14-11(13)7-15-12/h7-10H,3-6H2,1-2H3,(H2,13,14). The lowest BCUT2D eigenvalue weighted by Gasteiger charge is -2.30. The third kappa shape index (κ3) is 3.06. The Kier molecular flexibility index (Phi) is 3.78. The van der Waals surface area contributed by atoms with Crippen molar-refractivity contribution in [3.63, 3.8) is 0 Å². The van der Waals surface area contributed by atoms with Gasteiger partial charge in [0.25, 0.3) is 0 Å². The van der Waals surface area contributed by atoms with Gasteiger partial charge in [0.2, 0.25) is 0 Å². The molecule has 0 saturated heterocycles. The van der Waals surface area contributed by atoms with Gasteiger partial charge in [0.15, 0.2) is 0 Å². The number of hydrogen-bond donors (Lipinski definition) is 1. The lowest BCUT2D eigenvalue weighted by molar-refractivity contribution is 0.202. The third-order valence-corrected chi connectivity index (χ3v) is 3.28. The maximum absolute atomic E-state index is 5.56. The van der Waals surface area contributed by atoms with E-state index >= 15 is 0 Å². The first-order chi connectivity index (χ1) is 8.22. The van der Waals surface area contributed by atoms with Gasteiger partial charge in [-0.05, 0) is 25.7 Å². The van der Waals surface area contributed by atoms with Gasteiger partial charge in [0.1, 0.15) is 11.6 Å². The highest BCUT2D eigenvalue weighted by molar-refractivity contribution is 5.40. The van der Waals surface area contributed by atoms with Crippen molar-refractivity contribution in [2.75, 3.05) is 30.9 Å². The van der Waals surface area contributed by atoms with Crippen LogP contribution in [0.2, 0.25) is 0 Å². The van der Waals surface area contributed by atoms with Crippen molar-refractivity contribution in [2.45, 2.75) is 25.8 Å². The number of aromatic nitrogens is 2. The Balaban J connectivity index is 2.10. The zero-order valence-electron chi connectivity index (χ0n) is 10.5. The summed E-state index contributed by atoms with van der Waals surface area (Å²) in [7, 11) is 1.72. The van der Waals surface area contributed by atoms with Crippen molar-refractivity contribution >= 4 is 11.6 Å². The van der Waals surface area contributed by atoms with E-state index in [0.717, 1.165) is 18.3 Å². The summed E-state index contributed by atoms with van der Waals surface area (Å²) in [6.07, 6.45) is 5.97. The lowest BCUT2D eigenvalue weighted by atomic mass is 10.2. The Morgan fingerprint density at radius 3 is 2.76 bits per heavy atom. The van der Waals surface area contributed by atoms with Crippen LogP contribution in [0.4, 0.5) is 11.6 Å². The lowest BCUT2D eigenvalue weighted by Crippen LogP contribution is -2.38. The van der Waals surface area contributed by atoms with Gasteiger partial charge in [0.05, 0.1) is 19.0 Å². The first kappa shape index (κ1) is 12.1. The molecular formula is C12H20N4O. The summed E-state index contributed by atoms with van der Waals surface area (Å²) in [5.74, 6) is 2.13. The molecule has 0 radical (unpaired) electrons. The van der Waals surface area contributed by atoms with Crippen molar-refractivity contribution in [1.82, 2.24) is 9.97 Å². The second-order valence-electron chi connectivity index (χ2n) is 4.56. The van der Waals surface area contributed by atoms with Crippen LogP contribution in [0.15, 0.2) is 12.4 Å². The number of nitrogens with zero attached hydrogens (tertiary/aromatic N) is 3. The molecule has 2 N–H and O–H groups in total. The monoisotopic (exact) mass is 236 g/mol. The maximum Gasteiger partial charge on any atom is 0.147 e. The van der Waals surface area contributed by atoms with E-state index in [4.69, 9.17) is 10.5 Å².